The van der Waals surface area contributed by atoms with Gasteiger partial charge in [-0.15, -0.1) is 0 Å². The largest absolute Gasteiger partial charge is 0.504 e. The van der Waals surface area contributed by atoms with E-state index >= 15 is 0 Å². The number of methoxy groups -OCH3 is 1. The van der Waals surface area contributed by atoms with Gasteiger partial charge < -0.3 is 14.6 Å². The first kappa shape index (κ1) is 12.0. The van der Waals surface area contributed by atoms with Gasteiger partial charge in [0.25, 0.3) is 0 Å². The Kier molecular flexibility index (Phi) is 4.08. The molecule has 1 N–H and O–H groups in total. The predicted molar refractivity (Wildman–Crippen MR) is 56.7 cm³/mol. The van der Waals surface area contributed by atoms with Crippen molar-refractivity contribution in [3.63, 3.8) is 0 Å². The molecule has 0 radical (unpaired) electrons. The van der Waals surface area contributed by atoms with E-state index in [9.17, 15) is 14.3 Å². The second kappa shape index (κ2) is 5.11. The van der Waals surface area contributed by atoms with E-state index < -0.39 is 5.82 Å². The maximum Gasteiger partial charge on any atom is 0.163 e. The summed E-state index contributed by atoms with van der Waals surface area (Å²) in [7, 11) is 1.38. The molecule has 5 heteroatoms. The number of benzene rings is 1. The SMILES string of the molecule is COc1cc(Br)c(F)c(CCC=O)c1O. The van der Waals surface area contributed by atoms with Gasteiger partial charge in [0, 0.05) is 18.1 Å². The van der Waals surface area contributed by atoms with Gasteiger partial charge in [-0.05, 0) is 22.4 Å². The first-order valence-corrected chi connectivity index (χ1v) is 5.08. The summed E-state index contributed by atoms with van der Waals surface area (Å²) in [6.45, 7) is 0. The highest BCUT2D eigenvalue weighted by molar-refractivity contribution is 9.10. The summed E-state index contributed by atoms with van der Waals surface area (Å²) in [6.07, 6.45) is 0.979. The Bertz CT molecular complexity index is 379. The minimum absolute atomic E-state index is 0.0910. The summed E-state index contributed by atoms with van der Waals surface area (Å²) in [5.74, 6) is -0.626. The van der Waals surface area contributed by atoms with E-state index in [-0.39, 0.29) is 34.4 Å². The van der Waals surface area contributed by atoms with Gasteiger partial charge in [-0.3, -0.25) is 0 Å². The molecule has 0 aliphatic rings. The fourth-order valence-corrected chi connectivity index (χ4v) is 1.68. The second-order valence-electron chi connectivity index (χ2n) is 2.91. The van der Waals surface area contributed by atoms with Crippen LogP contribution in [0.1, 0.15) is 12.0 Å². The van der Waals surface area contributed by atoms with Crippen molar-refractivity contribution in [2.75, 3.05) is 7.11 Å². The molecule has 0 aliphatic heterocycles. The minimum Gasteiger partial charge on any atom is -0.504 e. The Labute approximate surface area is 95.0 Å². The van der Waals surface area contributed by atoms with Gasteiger partial charge in [0.2, 0.25) is 0 Å². The van der Waals surface area contributed by atoms with Gasteiger partial charge >= 0.3 is 0 Å². The number of hydrogen-bond donors (Lipinski definition) is 1. The zero-order valence-electron chi connectivity index (χ0n) is 8.09. The Morgan fingerprint density at radius 1 is 1.67 bits per heavy atom. The van der Waals surface area contributed by atoms with Crippen LogP contribution in [-0.4, -0.2) is 18.5 Å². The molecule has 0 fully saturated rings. The van der Waals surface area contributed by atoms with Crippen LogP contribution < -0.4 is 4.74 Å². The first-order chi connectivity index (χ1) is 7.11. The third-order valence-electron chi connectivity index (χ3n) is 1.98. The summed E-state index contributed by atoms with van der Waals surface area (Å²) in [4.78, 5) is 10.2. The third kappa shape index (κ3) is 2.47. The number of carbonyl (C=O) groups is 1. The molecule has 0 saturated carbocycles. The van der Waals surface area contributed by atoms with Crippen LogP contribution in [0.4, 0.5) is 4.39 Å². The molecular weight excluding hydrogens is 267 g/mol. The van der Waals surface area contributed by atoms with Gasteiger partial charge in [0.1, 0.15) is 12.1 Å². The van der Waals surface area contributed by atoms with Crippen LogP contribution in [0.25, 0.3) is 0 Å². The standard InChI is InChI=1S/C10H10BrFO3/c1-15-8-5-7(11)9(12)6(10(8)14)3-2-4-13/h4-5,14H,2-3H2,1H3. The van der Waals surface area contributed by atoms with E-state index in [2.05, 4.69) is 15.9 Å². The summed E-state index contributed by atoms with van der Waals surface area (Å²) in [5.41, 5.74) is 0.0910. The molecule has 3 nitrogen and oxygen atoms in total. The molecule has 15 heavy (non-hydrogen) atoms. The molecule has 0 aliphatic carbocycles. The topological polar surface area (TPSA) is 46.5 Å². The molecule has 0 heterocycles. The maximum absolute atomic E-state index is 13.5. The van der Waals surface area contributed by atoms with Crippen LogP contribution in [0.2, 0.25) is 0 Å². The van der Waals surface area contributed by atoms with Crippen LogP contribution in [-0.2, 0) is 11.2 Å². The van der Waals surface area contributed by atoms with Gasteiger partial charge in [-0.2, -0.15) is 0 Å². The van der Waals surface area contributed by atoms with Gasteiger partial charge in [0.15, 0.2) is 11.5 Å². The third-order valence-corrected chi connectivity index (χ3v) is 2.56. The molecule has 0 amide bonds. The lowest BCUT2D eigenvalue weighted by molar-refractivity contribution is -0.107. The number of carbonyl (C=O) groups excluding carboxylic acids is 1. The molecule has 0 saturated heterocycles. The van der Waals surface area contributed by atoms with E-state index in [0.717, 1.165) is 0 Å². The Morgan fingerprint density at radius 3 is 2.87 bits per heavy atom. The highest BCUT2D eigenvalue weighted by Gasteiger charge is 2.16. The lowest BCUT2D eigenvalue weighted by atomic mass is 10.1. The van der Waals surface area contributed by atoms with E-state index in [1.54, 1.807) is 0 Å². The minimum atomic E-state index is -0.560. The van der Waals surface area contributed by atoms with Crippen LogP contribution in [0, 0.1) is 5.82 Å². The van der Waals surface area contributed by atoms with Crippen molar-refractivity contribution in [1.29, 1.82) is 0 Å². The predicted octanol–water partition coefficient (Wildman–Crippen LogP) is 2.43. The lowest BCUT2D eigenvalue weighted by Crippen LogP contribution is -1.96. The highest BCUT2D eigenvalue weighted by atomic mass is 79.9. The number of hydrogen-bond acceptors (Lipinski definition) is 3. The average Bonchev–Trinajstić information content (AvgIpc) is 2.23. The first-order valence-electron chi connectivity index (χ1n) is 4.29. The van der Waals surface area contributed by atoms with Crippen molar-refractivity contribution in [1.82, 2.24) is 0 Å². The maximum atomic E-state index is 13.5. The van der Waals surface area contributed by atoms with Crippen LogP contribution >= 0.6 is 15.9 Å². The van der Waals surface area contributed by atoms with Crippen molar-refractivity contribution >= 4 is 22.2 Å². The van der Waals surface area contributed by atoms with Gasteiger partial charge in [-0.25, -0.2) is 4.39 Å². The molecule has 0 unspecified atom stereocenters. The molecule has 1 rings (SSSR count). The number of aromatic hydroxyl groups is 1. The molecule has 0 atom stereocenters. The number of phenols is 1. The number of phenolic OH excluding ortho intramolecular Hbond substituents is 1. The summed E-state index contributed by atoms with van der Waals surface area (Å²) in [5, 5.41) is 9.62. The quantitative estimate of drug-likeness (QED) is 0.860. The van der Waals surface area contributed by atoms with E-state index in [1.807, 2.05) is 0 Å². The van der Waals surface area contributed by atoms with E-state index in [4.69, 9.17) is 4.74 Å². The zero-order valence-corrected chi connectivity index (χ0v) is 9.67. The Hall–Kier alpha value is -1.10. The lowest BCUT2D eigenvalue weighted by Gasteiger charge is -2.10. The van der Waals surface area contributed by atoms with E-state index in [0.29, 0.717) is 6.29 Å². The molecule has 0 bridgehead atoms. The molecule has 1 aromatic rings. The van der Waals surface area contributed by atoms with Crippen molar-refractivity contribution in [3.05, 3.63) is 21.9 Å². The second-order valence-corrected chi connectivity index (χ2v) is 3.76. The fraction of sp³-hybridized carbons (Fsp3) is 0.300. The molecular formula is C10H10BrFO3. The van der Waals surface area contributed by atoms with Crippen LogP contribution in [0.15, 0.2) is 10.5 Å². The smallest absolute Gasteiger partial charge is 0.163 e. The molecule has 0 spiro atoms. The normalized spacial score (nSPS) is 10.1. The van der Waals surface area contributed by atoms with Crippen LogP contribution in [0.5, 0.6) is 11.5 Å². The summed E-state index contributed by atoms with van der Waals surface area (Å²) >= 11 is 3.01. The van der Waals surface area contributed by atoms with Crippen LogP contribution in [0.3, 0.4) is 0 Å². The highest BCUT2D eigenvalue weighted by Crippen LogP contribution is 2.36. The Balaban J connectivity index is 3.20. The van der Waals surface area contributed by atoms with E-state index in [1.165, 1.54) is 13.2 Å². The van der Waals surface area contributed by atoms with Gasteiger partial charge in [-0.1, -0.05) is 0 Å². The molecule has 82 valence electrons. The summed E-state index contributed by atoms with van der Waals surface area (Å²) < 4.78 is 18.6. The van der Waals surface area contributed by atoms with Gasteiger partial charge in [0.05, 0.1) is 11.6 Å². The number of aldehydes is 1. The fourth-order valence-electron chi connectivity index (χ4n) is 1.23. The molecule has 1 aromatic carbocycles. The Morgan fingerprint density at radius 2 is 2.33 bits per heavy atom. The number of ether oxygens (including phenoxy) is 1. The average molecular weight is 277 g/mol. The number of rotatable bonds is 4. The monoisotopic (exact) mass is 276 g/mol. The number of halogens is 2. The van der Waals surface area contributed by atoms with Crippen molar-refractivity contribution in [2.24, 2.45) is 0 Å². The van der Waals surface area contributed by atoms with Crippen molar-refractivity contribution in [2.45, 2.75) is 12.8 Å². The van der Waals surface area contributed by atoms with Crippen molar-refractivity contribution in [3.8, 4) is 11.5 Å². The molecule has 0 aromatic heterocycles. The van der Waals surface area contributed by atoms with Crippen molar-refractivity contribution < 1.29 is 19.0 Å². The summed E-state index contributed by atoms with van der Waals surface area (Å²) in [6, 6.07) is 1.34. The zero-order chi connectivity index (χ0) is 11.4.